The molecule has 2 aromatic carbocycles. The molecular weight excluding hydrogens is 377 g/mol. The summed E-state index contributed by atoms with van der Waals surface area (Å²) in [5.74, 6) is 0.480. The third-order valence-corrected chi connectivity index (χ3v) is 4.98. The molecule has 1 amide bonds. The van der Waals surface area contributed by atoms with Crippen LogP contribution < -0.4 is 10.7 Å². The molecule has 27 heavy (non-hydrogen) atoms. The van der Waals surface area contributed by atoms with E-state index in [0.29, 0.717) is 17.3 Å². The van der Waals surface area contributed by atoms with E-state index in [-0.39, 0.29) is 11.6 Å². The second-order valence-corrected chi connectivity index (χ2v) is 6.98. The molecule has 9 heteroatoms. The number of fused-ring (bicyclic) bond motifs is 1. The van der Waals surface area contributed by atoms with Crippen LogP contribution in [0.5, 0.6) is 0 Å². The number of hydrogen-bond donors (Lipinski definition) is 2. The Morgan fingerprint density at radius 1 is 1.15 bits per heavy atom. The highest BCUT2D eigenvalue weighted by molar-refractivity contribution is 8.14. The van der Waals surface area contributed by atoms with Gasteiger partial charge in [-0.2, -0.15) is 18.3 Å². The van der Waals surface area contributed by atoms with Gasteiger partial charge in [-0.1, -0.05) is 30.0 Å². The third-order valence-electron chi connectivity index (χ3n) is 4.10. The molecule has 4 rings (SSSR count). The van der Waals surface area contributed by atoms with Crippen molar-refractivity contribution in [2.45, 2.75) is 12.6 Å². The lowest BCUT2D eigenvalue weighted by Gasteiger charge is -2.15. The monoisotopic (exact) mass is 390 g/mol. The number of amidine groups is 1. The van der Waals surface area contributed by atoms with Crippen molar-refractivity contribution in [3.05, 3.63) is 59.2 Å². The van der Waals surface area contributed by atoms with Crippen LogP contribution in [0.4, 0.5) is 24.5 Å². The Labute approximate surface area is 156 Å². The summed E-state index contributed by atoms with van der Waals surface area (Å²) < 4.78 is 38.4. The summed E-state index contributed by atoms with van der Waals surface area (Å²) in [5, 5.41) is 7.50. The third kappa shape index (κ3) is 3.82. The summed E-state index contributed by atoms with van der Waals surface area (Å²) in [6.07, 6.45) is -4.03. The molecular formula is C18H13F3N4OS. The molecule has 0 aromatic heterocycles. The number of carbonyl (C=O) groups excluding carboxylic acids is 1. The number of thioether (sulfide) groups is 1. The normalized spacial score (nSPS) is 18.0. The Balaban J connectivity index is 1.51. The number of hydrogen-bond acceptors (Lipinski definition) is 4. The van der Waals surface area contributed by atoms with Crippen molar-refractivity contribution in [1.82, 2.24) is 5.43 Å². The van der Waals surface area contributed by atoms with E-state index >= 15 is 0 Å². The molecule has 0 bridgehead atoms. The van der Waals surface area contributed by atoms with Gasteiger partial charge in [0.1, 0.15) is 0 Å². The molecule has 2 heterocycles. The second kappa shape index (κ2) is 6.73. The highest BCUT2D eigenvalue weighted by Crippen LogP contribution is 2.32. The number of aliphatic imine (C=N–C) groups is 1. The van der Waals surface area contributed by atoms with Crippen molar-refractivity contribution in [3.8, 4) is 0 Å². The van der Waals surface area contributed by atoms with E-state index in [1.165, 1.54) is 23.9 Å². The lowest BCUT2D eigenvalue weighted by molar-refractivity contribution is -0.137. The minimum Gasteiger partial charge on any atom is -0.326 e. The molecule has 0 saturated carbocycles. The van der Waals surface area contributed by atoms with Gasteiger partial charge in [-0.25, -0.2) is 4.99 Å². The van der Waals surface area contributed by atoms with Gasteiger partial charge in [0.05, 0.1) is 23.4 Å². The van der Waals surface area contributed by atoms with Gasteiger partial charge < -0.3 is 5.32 Å². The van der Waals surface area contributed by atoms with Gasteiger partial charge in [-0.05, 0) is 29.8 Å². The number of halogens is 3. The Bertz CT molecular complexity index is 985. The predicted octanol–water partition coefficient (Wildman–Crippen LogP) is 3.93. The quantitative estimate of drug-likeness (QED) is 0.817. The van der Waals surface area contributed by atoms with Gasteiger partial charge >= 0.3 is 6.18 Å². The van der Waals surface area contributed by atoms with Gasteiger partial charge in [-0.3, -0.25) is 10.2 Å². The minimum absolute atomic E-state index is 0.0317. The first-order valence-electron chi connectivity index (χ1n) is 8.03. The van der Waals surface area contributed by atoms with E-state index in [0.717, 1.165) is 34.7 Å². The lowest BCUT2D eigenvalue weighted by Crippen LogP contribution is -2.25. The number of benzene rings is 2. The number of amides is 1. The van der Waals surface area contributed by atoms with E-state index in [1.807, 2.05) is 18.2 Å². The highest BCUT2D eigenvalue weighted by atomic mass is 32.2. The Hall–Kier alpha value is -2.81. The van der Waals surface area contributed by atoms with Gasteiger partial charge in [0.25, 0.3) is 0 Å². The van der Waals surface area contributed by atoms with Crippen LogP contribution in [0.3, 0.4) is 0 Å². The number of nitrogens with one attached hydrogen (secondary N) is 2. The van der Waals surface area contributed by atoms with Crippen molar-refractivity contribution in [2.75, 3.05) is 11.1 Å². The summed E-state index contributed by atoms with van der Waals surface area (Å²) in [5.41, 5.74) is 5.63. The number of nitrogens with zero attached hydrogens (tertiary/aromatic N) is 2. The van der Waals surface area contributed by atoms with Crippen LogP contribution in [0.1, 0.15) is 16.7 Å². The predicted molar refractivity (Wildman–Crippen MR) is 99.4 cm³/mol. The second-order valence-electron chi connectivity index (χ2n) is 6.02. The van der Waals surface area contributed by atoms with Crippen LogP contribution in [-0.2, 0) is 17.4 Å². The molecule has 0 spiro atoms. The molecule has 2 aliphatic rings. The van der Waals surface area contributed by atoms with Gasteiger partial charge in [0, 0.05) is 17.0 Å². The molecule has 0 unspecified atom stereocenters. The van der Waals surface area contributed by atoms with Crippen molar-refractivity contribution in [3.63, 3.8) is 0 Å². The van der Waals surface area contributed by atoms with Crippen LogP contribution in [0, 0.1) is 0 Å². The number of anilines is 1. The van der Waals surface area contributed by atoms with Crippen LogP contribution in [0.2, 0.25) is 0 Å². The summed E-state index contributed by atoms with van der Waals surface area (Å²) >= 11 is 1.35. The summed E-state index contributed by atoms with van der Waals surface area (Å²) in [6, 6.07) is 10.5. The first kappa shape index (κ1) is 17.6. The summed E-state index contributed by atoms with van der Waals surface area (Å²) in [7, 11) is 0. The average Bonchev–Trinajstić information content (AvgIpc) is 3.01. The Kier molecular flexibility index (Phi) is 4.39. The summed E-state index contributed by atoms with van der Waals surface area (Å²) in [6.45, 7) is 0. The number of alkyl halides is 3. The van der Waals surface area contributed by atoms with Crippen molar-refractivity contribution >= 4 is 39.9 Å². The molecule has 2 aliphatic heterocycles. The molecule has 0 fully saturated rings. The molecule has 138 valence electrons. The molecule has 2 aromatic rings. The van der Waals surface area contributed by atoms with Gasteiger partial charge in [-0.15, -0.1) is 0 Å². The van der Waals surface area contributed by atoms with Crippen LogP contribution in [-0.4, -0.2) is 22.5 Å². The Morgan fingerprint density at radius 2 is 2.00 bits per heavy atom. The van der Waals surface area contributed by atoms with Gasteiger partial charge in [0.15, 0.2) is 5.17 Å². The van der Waals surface area contributed by atoms with Crippen LogP contribution in [0.15, 0.2) is 52.6 Å². The fourth-order valence-corrected chi connectivity index (χ4v) is 3.57. The highest BCUT2D eigenvalue weighted by Gasteiger charge is 2.30. The van der Waals surface area contributed by atoms with E-state index < -0.39 is 11.7 Å². The fraction of sp³-hybridized carbons (Fsp3) is 0.167. The van der Waals surface area contributed by atoms with E-state index in [4.69, 9.17) is 0 Å². The summed E-state index contributed by atoms with van der Waals surface area (Å²) in [4.78, 5) is 15.6. The zero-order chi connectivity index (χ0) is 19.0. The first-order valence-corrected chi connectivity index (χ1v) is 9.01. The largest absolute Gasteiger partial charge is 0.416 e. The first-order chi connectivity index (χ1) is 12.9. The molecule has 2 N–H and O–H groups in total. The van der Waals surface area contributed by atoms with Crippen LogP contribution in [0.25, 0.3) is 0 Å². The maximum Gasteiger partial charge on any atom is 0.416 e. The Morgan fingerprint density at radius 3 is 2.74 bits per heavy atom. The van der Waals surface area contributed by atoms with E-state index in [1.54, 1.807) is 0 Å². The molecule has 5 nitrogen and oxygen atoms in total. The van der Waals surface area contributed by atoms with E-state index in [2.05, 4.69) is 20.8 Å². The number of hydrazone groups is 1. The topological polar surface area (TPSA) is 65.8 Å². The van der Waals surface area contributed by atoms with Crippen molar-refractivity contribution in [1.29, 1.82) is 0 Å². The standard InChI is InChI=1S/C18H13F3N4OS/c19-18(20,21)12-2-1-3-13(8-12)22-17-25-24-15(9-27-17)10-4-5-11-7-16(26)23-14(11)6-10/h1-6,8H,7,9H2,(H,22,25)(H,23,26). The molecule has 0 saturated heterocycles. The van der Waals surface area contributed by atoms with Gasteiger partial charge in [0.2, 0.25) is 5.91 Å². The van der Waals surface area contributed by atoms with Crippen molar-refractivity contribution in [2.24, 2.45) is 10.1 Å². The fourth-order valence-electron chi connectivity index (χ4n) is 2.78. The van der Waals surface area contributed by atoms with Crippen molar-refractivity contribution < 1.29 is 18.0 Å². The maximum absolute atomic E-state index is 12.8. The number of rotatable bonds is 2. The maximum atomic E-state index is 12.8. The average molecular weight is 390 g/mol. The number of carbonyl (C=O) groups is 1. The van der Waals surface area contributed by atoms with Crippen LogP contribution >= 0.6 is 11.8 Å². The molecule has 0 atom stereocenters. The molecule has 0 aliphatic carbocycles. The zero-order valence-electron chi connectivity index (χ0n) is 13.8. The smallest absolute Gasteiger partial charge is 0.326 e. The minimum atomic E-state index is -4.41. The SMILES string of the molecule is O=C1Cc2ccc(C3=NNC(=Nc4cccc(C(F)(F)F)c4)SC3)cc2N1. The zero-order valence-corrected chi connectivity index (χ0v) is 14.6. The molecule has 0 radical (unpaired) electrons. The lowest BCUT2D eigenvalue weighted by atomic mass is 10.1. The van der Waals surface area contributed by atoms with E-state index in [9.17, 15) is 18.0 Å².